The van der Waals surface area contributed by atoms with Crippen LogP contribution in [0.5, 0.6) is 0 Å². The zero-order valence-electron chi connectivity index (χ0n) is 17.4. The predicted molar refractivity (Wildman–Crippen MR) is 115 cm³/mol. The molecule has 0 bridgehead atoms. The molecule has 0 unspecified atom stereocenters. The fourth-order valence-corrected chi connectivity index (χ4v) is 3.84. The number of anilines is 2. The number of nitrogens with one attached hydrogen (secondary N) is 1. The van der Waals surface area contributed by atoms with Crippen LogP contribution in [0.25, 0.3) is 0 Å². The van der Waals surface area contributed by atoms with Crippen molar-refractivity contribution in [3.05, 3.63) is 59.4 Å². The normalized spacial score (nSPS) is 20.4. The van der Waals surface area contributed by atoms with Crippen LogP contribution in [-0.4, -0.2) is 51.6 Å². The summed E-state index contributed by atoms with van der Waals surface area (Å²) in [5.41, 5.74) is 3.46. The number of hydrogen-bond acceptors (Lipinski definition) is 5. The standard InChI is InChI=1S/C23H28FN3O3/c1-16-3-5-18(6-4-16)17(2)25-14-20-15-27(23(28)30-20)19-7-8-22(21(24)13-19)26-9-11-29-12-10-26/h3-8,13,17,20,25H,9-12,14-15H2,1-2H3/t17-,20-/m0/s1. The van der Waals surface area contributed by atoms with Crippen LogP contribution in [0.1, 0.15) is 24.1 Å². The Morgan fingerprint density at radius 2 is 1.90 bits per heavy atom. The Balaban J connectivity index is 1.36. The first kappa shape index (κ1) is 20.6. The summed E-state index contributed by atoms with van der Waals surface area (Å²) in [5, 5.41) is 3.42. The number of cyclic esters (lactones) is 1. The topological polar surface area (TPSA) is 54.0 Å². The first-order chi connectivity index (χ1) is 14.5. The zero-order valence-corrected chi connectivity index (χ0v) is 17.4. The third-order valence-electron chi connectivity index (χ3n) is 5.70. The number of hydrogen-bond donors (Lipinski definition) is 1. The molecule has 0 aliphatic carbocycles. The van der Waals surface area contributed by atoms with E-state index in [-0.39, 0.29) is 18.0 Å². The summed E-state index contributed by atoms with van der Waals surface area (Å²) in [4.78, 5) is 15.8. The van der Waals surface area contributed by atoms with E-state index in [0.717, 1.165) is 0 Å². The lowest BCUT2D eigenvalue weighted by Crippen LogP contribution is -2.36. The molecule has 7 heteroatoms. The second-order valence-corrected chi connectivity index (χ2v) is 7.89. The van der Waals surface area contributed by atoms with E-state index >= 15 is 0 Å². The number of halogens is 1. The van der Waals surface area contributed by atoms with Crippen LogP contribution < -0.4 is 15.1 Å². The average Bonchev–Trinajstić information content (AvgIpc) is 3.13. The summed E-state index contributed by atoms with van der Waals surface area (Å²) in [7, 11) is 0. The second-order valence-electron chi connectivity index (χ2n) is 7.89. The molecule has 2 saturated heterocycles. The molecule has 4 rings (SSSR count). The lowest BCUT2D eigenvalue weighted by Gasteiger charge is -2.29. The molecule has 30 heavy (non-hydrogen) atoms. The number of carbonyl (C=O) groups excluding carboxylic acids is 1. The fraction of sp³-hybridized carbons (Fsp3) is 0.435. The SMILES string of the molecule is Cc1ccc([C@H](C)NC[C@H]2CN(c3ccc(N4CCOCC4)c(F)c3)C(=O)O2)cc1. The van der Waals surface area contributed by atoms with Gasteiger partial charge in [-0.15, -0.1) is 0 Å². The maximum absolute atomic E-state index is 14.7. The van der Waals surface area contributed by atoms with Gasteiger partial charge < -0.3 is 19.7 Å². The monoisotopic (exact) mass is 413 g/mol. The minimum absolute atomic E-state index is 0.142. The van der Waals surface area contributed by atoms with Crippen molar-refractivity contribution in [3.63, 3.8) is 0 Å². The Hall–Kier alpha value is -2.64. The van der Waals surface area contributed by atoms with Crippen LogP contribution in [-0.2, 0) is 9.47 Å². The lowest BCUT2D eigenvalue weighted by molar-refractivity contribution is 0.122. The number of morpholine rings is 1. The Kier molecular flexibility index (Phi) is 6.20. The summed E-state index contributed by atoms with van der Waals surface area (Å²) in [5.74, 6) is -0.336. The summed E-state index contributed by atoms with van der Waals surface area (Å²) >= 11 is 0. The number of ether oxygens (including phenoxy) is 2. The molecule has 2 fully saturated rings. The summed E-state index contributed by atoms with van der Waals surface area (Å²) in [6, 6.07) is 13.4. The van der Waals surface area contributed by atoms with Crippen LogP contribution >= 0.6 is 0 Å². The van der Waals surface area contributed by atoms with Crippen molar-refractivity contribution in [1.82, 2.24) is 5.32 Å². The number of benzene rings is 2. The fourth-order valence-electron chi connectivity index (χ4n) is 3.84. The molecule has 1 amide bonds. The first-order valence-electron chi connectivity index (χ1n) is 10.4. The van der Waals surface area contributed by atoms with Gasteiger partial charge in [-0.2, -0.15) is 0 Å². The summed E-state index contributed by atoms with van der Waals surface area (Å²) in [6.07, 6.45) is -0.726. The highest BCUT2D eigenvalue weighted by molar-refractivity contribution is 5.90. The number of rotatable bonds is 6. The molecule has 2 aliphatic rings. The van der Waals surface area contributed by atoms with Crippen molar-refractivity contribution in [2.24, 2.45) is 0 Å². The Labute approximate surface area is 176 Å². The molecule has 2 heterocycles. The zero-order chi connectivity index (χ0) is 21.1. The van der Waals surface area contributed by atoms with Gasteiger partial charge in [-0.1, -0.05) is 29.8 Å². The molecule has 2 atom stereocenters. The minimum atomic E-state index is -0.441. The van der Waals surface area contributed by atoms with Crippen molar-refractivity contribution < 1.29 is 18.7 Å². The smallest absolute Gasteiger partial charge is 0.414 e. The van der Waals surface area contributed by atoms with Crippen molar-refractivity contribution in [1.29, 1.82) is 0 Å². The molecule has 0 radical (unpaired) electrons. The van der Waals surface area contributed by atoms with Gasteiger partial charge in [0.1, 0.15) is 11.9 Å². The van der Waals surface area contributed by atoms with E-state index < -0.39 is 6.09 Å². The lowest BCUT2D eigenvalue weighted by atomic mass is 10.1. The van der Waals surface area contributed by atoms with Gasteiger partial charge in [0.15, 0.2) is 0 Å². The van der Waals surface area contributed by atoms with Crippen molar-refractivity contribution in [2.75, 3.05) is 49.2 Å². The van der Waals surface area contributed by atoms with Gasteiger partial charge >= 0.3 is 6.09 Å². The van der Waals surface area contributed by atoms with Crippen LogP contribution in [0, 0.1) is 12.7 Å². The highest BCUT2D eigenvalue weighted by atomic mass is 19.1. The molecule has 0 aromatic heterocycles. The van der Waals surface area contributed by atoms with Gasteiger partial charge in [-0.25, -0.2) is 9.18 Å². The second kappa shape index (κ2) is 9.02. The van der Waals surface area contributed by atoms with E-state index in [1.54, 1.807) is 12.1 Å². The highest BCUT2D eigenvalue weighted by Gasteiger charge is 2.33. The van der Waals surface area contributed by atoms with Gasteiger partial charge in [0.2, 0.25) is 0 Å². The molecule has 2 aromatic rings. The molecule has 160 valence electrons. The highest BCUT2D eigenvalue weighted by Crippen LogP contribution is 2.28. The maximum atomic E-state index is 14.7. The number of nitrogens with zero attached hydrogens (tertiary/aromatic N) is 2. The largest absolute Gasteiger partial charge is 0.443 e. The molecular weight excluding hydrogens is 385 g/mol. The number of carbonyl (C=O) groups is 1. The first-order valence-corrected chi connectivity index (χ1v) is 10.4. The average molecular weight is 413 g/mol. The third-order valence-corrected chi connectivity index (χ3v) is 5.70. The Bertz CT molecular complexity index is 884. The van der Waals surface area contributed by atoms with Gasteiger partial charge in [-0.3, -0.25) is 4.90 Å². The summed E-state index contributed by atoms with van der Waals surface area (Å²) in [6.45, 7) is 7.58. The van der Waals surface area contributed by atoms with Crippen molar-refractivity contribution in [2.45, 2.75) is 26.0 Å². The van der Waals surface area contributed by atoms with E-state index in [2.05, 4.69) is 43.4 Å². The molecule has 2 aromatic carbocycles. The van der Waals surface area contributed by atoms with Gasteiger partial charge in [0.05, 0.1) is 31.1 Å². The number of aryl methyl sites for hydroxylation is 1. The molecular formula is C23H28FN3O3. The molecule has 0 saturated carbocycles. The van der Waals surface area contributed by atoms with Gasteiger partial charge in [0.25, 0.3) is 0 Å². The van der Waals surface area contributed by atoms with E-state index in [0.29, 0.717) is 50.8 Å². The summed E-state index contributed by atoms with van der Waals surface area (Å²) < 4.78 is 25.5. The predicted octanol–water partition coefficient (Wildman–Crippen LogP) is 3.65. The van der Waals surface area contributed by atoms with Gasteiger partial charge in [0, 0.05) is 25.7 Å². The van der Waals surface area contributed by atoms with Crippen molar-refractivity contribution >= 4 is 17.5 Å². The van der Waals surface area contributed by atoms with E-state index in [4.69, 9.17) is 9.47 Å². The van der Waals surface area contributed by atoms with Crippen LogP contribution in [0.2, 0.25) is 0 Å². The quantitative estimate of drug-likeness (QED) is 0.784. The van der Waals surface area contributed by atoms with Crippen LogP contribution in [0.4, 0.5) is 20.6 Å². The van der Waals surface area contributed by atoms with E-state index in [1.807, 2.05) is 4.90 Å². The third kappa shape index (κ3) is 4.57. The Morgan fingerprint density at radius 3 is 2.60 bits per heavy atom. The molecule has 0 spiro atoms. The van der Waals surface area contributed by atoms with E-state index in [1.165, 1.54) is 22.1 Å². The Morgan fingerprint density at radius 1 is 1.17 bits per heavy atom. The number of amides is 1. The molecule has 6 nitrogen and oxygen atoms in total. The van der Waals surface area contributed by atoms with Gasteiger partial charge in [-0.05, 0) is 37.6 Å². The van der Waals surface area contributed by atoms with Crippen LogP contribution in [0.3, 0.4) is 0 Å². The van der Waals surface area contributed by atoms with Crippen LogP contribution in [0.15, 0.2) is 42.5 Å². The minimum Gasteiger partial charge on any atom is -0.443 e. The molecule has 2 aliphatic heterocycles. The van der Waals surface area contributed by atoms with E-state index in [9.17, 15) is 9.18 Å². The molecule has 1 N–H and O–H groups in total. The van der Waals surface area contributed by atoms with Crippen molar-refractivity contribution in [3.8, 4) is 0 Å². The maximum Gasteiger partial charge on any atom is 0.414 e.